The SMILES string of the molecule is CC(F)(F)C(F)(F)C1CC23CC2C2OC(c4ccccc4)(c4ccccc4)OC2C13.CC(F)CCC12CC3CC(CC(C3)C1)C2.CC1CC2CC1C(C(=O)OC1CCCCC1)C2C(=O)OC1CCCCC1.O=S(=O)(c1ccc([S+](c2ccccc2)c2ccccc2)cc1)C1CCCCC1.c1ccc([S+](c2ccccc2)c2ccccc2)cc1.c1ccc([S+](c2ccccc2)c2ccccc2)cc1. The standard InChI is InChI=1S/C24H22F4O2.C24H25O2S2.C22H34O4.2C18H15S.C14H23F/c1-21(25,26)24(27,28)16-12-22-13-17(22)19-20(18(16)22)30-23(29-19,14-8-4-2-5-9-14)15-10-6-3-7-11-15;25-28(26,23-14-8-3-9-15-23)24-18-16-22(17-19-24)27(20-10-4-1-5-11-20)21-12-6-2-7-13-21;1-14-12-15-13-18(14)20(22(24)26-17-10-6-3-7-11-17)19(15)21(23)25-16-8-4-2-5-9-16;2*1-4-10-16(11-5-1)19(17-12-6-2-7-13-17)18-14-8-3-9-15-18;1-10(15)2-3-14-7-11-4-12(8-14)6-13(5-11)9-14/h2-11,16-20H,12-13H2,1H3;1-2,4-7,10-13,16-19,23H,3,8-9,14-15H2;14-20H,2-13H2,1H3;2*1-15H;10-13H,2-9H2,1H3/q;+1;;2*+1;. The van der Waals surface area contributed by atoms with Crippen LogP contribution in [0.5, 0.6) is 0 Å². The summed E-state index contributed by atoms with van der Waals surface area (Å²) in [5.41, 5.74) is 1.84. The molecule has 1 saturated heterocycles. The van der Waals surface area contributed by atoms with E-state index in [1.54, 1.807) is 6.92 Å². The zero-order chi connectivity index (χ0) is 94.7. The number of esters is 2. The molecule has 718 valence electrons. The average Bonchev–Trinajstić information content (AvgIpc) is 1.46. The van der Waals surface area contributed by atoms with E-state index in [9.17, 15) is 40.0 Å². The first-order chi connectivity index (χ1) is 66.5. The van der Waals surface area contributed by atoms with Crippen molar-refractivity contribution in [3.8, 4) is 0 Å². The number of alkyl halides is 5. The molecule has 1 spiro atoms. The highest BCUT2D eigenvalue weighted by atomic mass is 32.2. The van der Waals surface area contributed by atoms with Crippen molar-refractivity contribution in [2.24, 2.45) is 75.9 Å². The Bertz CT molecular complexity index is 5350. The van der Waals surface area contributed by atoms with Gasteiger partial charge in [0.25, 0.3) is 0 Å². The van der Waals surface area contributed by atoms with Crippen LogP contribution in [0.25, 0.3) is 0 Å². The van der Waals surface area contributed by atoms with E-state index < -0.39 is 51.6 Å². The molecule has 11 aromatic carbocycles. The Morgan fingerprint density at radius 1 is 0.409 bits per heavy atom. The predicted octanol–water partition coefficient (Wildman–Crippen LogP) is 30.1. The van der Waals surface area contributed by atoms with Gasteiger partial charge in [-0.15, -0.1) is 0 Å². The van der Waals surface area contributed by atoms with Gasteiger partial charge in [0.2, 0.25) is 5.79 Å². The first-order valence-electron chi connectivity index (χ1n) is 50.8. The van der Waals surface area contributed by atoms with Crippen LogP contribution in [-0.2, 0) is 76.8 Å². The highest BCUT2D eigenvalue weighted by molar-refractivity contribution is 7.97. The second-order valence-corrected chi connectivity index (χ2v) is 49.5. The Morgan fingerprint density at radius 2 is 0.737 bits per heavy atom. The second-order valence-electron chi connectivity index (χ2n) is 41.2. The van der Waals surface area contributed by atoms with Crippen molar-refractivity contribution in [1.29, 1.82) is 0 Å². The van der Waals surface area contributed by atoms with Crippen molar-refractivity contribution in [3.05, 3.63) is 339 Å². The Balaban J connectivity index is 0.000000111. The van der Waals surface area contributed by atoms with Gasteiger partial charge in [-0.3, -0.25) is 9.59 Å². The maximum Gasteiger partial charge on any atom is 0.313 e. The monoisotopic (exact) mass is 1930 g/mol. The topological polar surface area (TPSA) is 105 Å². The number of fused-ring (bicyclic) bond motifs is 5. The smallest absolute Gasteiger partial charge is 0.313 e. The van der Waals surface area contributed by atoms with Gasteiger partial charge in [0.05, 0.1) is 73.0 Å². The van der Waals surface area contributed by atoms with Crippen molar-refractivity contribution >= 4 is 54.5 Å². The third kappa shape index (κ3) is 22.2. The molecule has 13 aliphatic rings. The molecular weight excluding hydrogens is 1790 g/mol. The van der Waals surface area contributed by atoms with E-state index in [1.165, 1.54) is 97.0 Å². The number of ether oxygens (including phenoxy) is 4. The summed E-state index contributed by atoms with van der Waals surface area (Å²) >= 11 is 0. The number of benzene rings is 11. The summed E-state index contributed by atoms with van der Waals surface area (Å²) in [4.78, 5) is 38.2. The molecule has 0 N–H and O–H groups in total. The lowest BCUT2D eigenvalue weighted by atomic mass is 9.48. The van der Waals surface area contributed by atoms with Gasteiger partial charge in [-0.2, -0.15) is 8.78 Å². The quantitative estimate of drug-likeness (QED) is 0.0375. The fourth-order valence-corrected chi connectivity index (χ4v) is 33.9. The third-order valence-corrected chi connectivity index (χ3v) is 40.9. The fraction of sp³-hybridized carbons (Fsp3) is 0.433. The van der Waals surface area contributed by atoms with Crippen LogP contribution in [0.15, 0.2) is 377 Å². The molecule has 1 aliphatic heterocycles. The minimum atomic E-state index is -4.06. The molecule has 1 heterocycles. The summed E-state index contributed by atoms with van der Waals surface area (Å²) in [5.74, 6) is -7.77. The van der Waals surface area contributed by atoms with Crippen LogP contribution in [0.2, 0.25) is 0 Å². The normalized spacial score (nSPS) is 27.2. The third-order valence-electron chi connectivity index (χ3n) is 31.9. The minimum absolute atomic E-state index is 0.0146. The van der Waals surface area contributed by atoms with Crippen LogP contribution in [0.4, 0.5) is 22.0 Å². The van der Waals surface area contributed by atoms with Crippen molar-refractivity contribution in [3.63, 3.8) is 0 Å². The molecule has 0 amide bonds. The molecule has 0 radical (unpaired) electrons. The number of halogens is 5. The average molecular weight is 1930 g/mol. The first-order valence-corrected chi connectivity index (χ1v) is 56.0. The van der Waals surface area contributed by atoms with Gasteiger partial charge in [-0.05, 0) is 322 Å². The maximum absolute atomic E-state index is 14.7. The molecule has 8 nitrogen and oxygen atoms in total. The van der Waals surface area contributed by atoms with Crippen LogP contribution in [0.1, 0.15) is 205 Å². The van der Waals surface area contributed by atoms with E-state index in [0.717, 1.165) is 143 Å². The van der Waals surface area contributed by atoms with E-state index in [0.29, 0.717) is 35.0 Å². The van der Waals surface area contributed by atoms with Crippen molar-refractivity contribution < 1.29 is 58.9 Å². The van der Waals surface area contributed by atoms with E-state index >= 15 is 0 Å². The lowest BCUT2D eigenvalue weighted by Crippen LogP contribution is -2.58. The molecule has 17 heteroatoms. The van der Waals surface area contributed by atoms with Gasteiger partial charge in [0.1, 0.15) is 12.2 Å². The molecule has 24 rings (SSSR count). The van der Waals surface area contributed by atoms with Crippen LogP contribution in [0, 0.1) is 75.9 Å². The Hall–Kier alpha value is -9.07. The van der Waals surface area contributed by atoms with Gasteiger partial charge < -0.3 is 18.9 Å². The highest BCUT2D eigenvalue weighted by Crippen LogP contribution is 2.83. The van der Waals surface area contributed by atoms with Crippen LogP contribution < -0.4 is 0 Å². The predicted molar refractivity (Wildman–Crippen MR) is 538 cm³/mol. The van der Waals surface area contributed by atoms with Gasteiger partial charge in [-0.25, -0.2) is 21.6 Å². The van der Waals surface area contributed by atoms with Crippen LogP contribution in [0.3, 0.4) is 0 Å². The summed E-state index contributed by atoms with van der Waals surface area (Å²) in [6.07, 6.45) is 28.2. The molecule has 12 saturated carbocycles. The van der Waals surface area contributed by atoms with Crippen LogP contribution in [-0.4, -0.2) is 68.0 Å². The van der Waals surface area contributed by atoms with E-state index in [1.807, 2.05) is 97.1 Å². The van der Waals surface area contributed by atoms with Crippen LogP contribution >= 0.6 is 0 Å². The van der Waals surface area contributed by atoms with Gasteiger partial charge >= 0.3 is 23.8 Å². The number of carbonyl (C=O) groups is 2. The largest absolute Gasteiger partial charge is 0.462 e. The van der Waals surface area contributed by atoms with E-state index in [-0.39, 0.29) is 97.8 Å². The first kappa shape index (κ1) is 98.1. The molecule has 137 heavy (non-hydrogen) atoms. The lowest BCUT2D eigenvalue weighted by Gasteiger charge is -2.57. The molecule has 13 fully saturated rings. The summed E-state index contributed by atoms with van der Waals surface area (Å²) in [6.45, 7) is 4.27. The van der Waals surface area contributed by atoms with Gasteiger partial charge in [-0.1, -0.05) is 245 Å². The Labute approximate surface area is 818 Å². The molecule has 12 aliphatic carbocycles. The Morgan fingerprint density at radius 3 is 1.09 bits per heavy atom. The maximum atomic E-state index is 14.7. The summed E-state index contributed by atoms with van der Waals surface area (Å²) in [5, 5.41) is -0.214. The fourth-order valence-electron chi connectivity index (χ4n) is 25.8. The minimum Gasteiger partial charge on any atom is -0.462 e. The van der Waals surface area contributed by atoms with Gasteiger partial charge in [0, 0.05) is 29.9 Å². The molecule has 12 atom stereocenters. The van der Waals surface area contributed by atoms with E-state index in [4.69, 9.17) is 18.9 Å². The number of hydrogen-bond acceptors (Lipinski definition) is 8. The molecular formula is C120H134F5O8S4+3. The zero-order valence-corrected chi connectivity index (χ0v) is 82.6. The van der Waals surface area contributed by atoms with Crippen molar-refractivity contribution in [2.75, 3.05) is 0 Å². The second kappa shape index (κ2) is 44.0. The van der Waals surface area contributed by atoms with Crippen molar-refractivity contribution in [2.45, 2.75) is 297 Å². The summed E-state index contributed by atoms with van der Waals surface area (Å²) in [7, 11) is -3.51. The molecule has 11 aromatic rings. The summed E-state index contributed by atoms with van der Waals surface area (Å²) < 4.78 is 121. The van der Waals surface area contributed by atoms with Gasteiger partial charge in [0.15, 0.2) is 53.9 Å². The zero-order valence-electron chi connectivity index (χ0n) is 79.4. The Kier molecular flexibility index (Phi) is 31.5. The molecule has 6 bridgehead atoms. The molecule has 0 aromatic heterocycles. The highest BCUT2D eigenvalue weighted by Gasteiger charge is 2.86. The molecule has 12 unspecified atom stereocenters. The lowest BCUT2D eigenvalue weighted by molar-refractivity contribution is -0.278. The number of rotatable bonds is 22. The number of carbonyl (C=O) groups excluding carboxylic acids is 2. The summed E-state index contributed by atoms with van der Waals surface area (Å²) in [6, 6.07) is 112. The van der Waals surface area contributed by atoms with E-state index in [2.05, 4.69) is 237 Å². The number of hydrogen-bond donors (Lipinski definition) is 0. The number of sulfone groups is 1. The van der Waals surface area contributed by atoms with Crippen molar-refractivity contribution in [1.82, 2.24) is 0 Å².